The van der Waals surface area contributed by atoms with E-state index in [0.29, 0.717) is 11.4 Å². The van der Waals surface area contributed by atoms with Gasteiger partial charge in [0, 0.05) is 0 Å². The second-order valence-corrected chi connectivity index (χ2v) is 5.02. The summed E-state index contributed by atoms with van der Waals surface area (Å²) in [5, 5.41) is 11.1. The van der Waals surface area contributed by atoms with Crippen molar-refractivity contribution in [2.24, 2.45) is 0 Å². The molecule has 5 nitrogen and oxygen atoms in total. The van der Waals surface area contributed by atoms with E-state index in [9.17, 15) is 14.0 Å². The maximum atomic E-state index is 13.8. The first-order valence-corrected chi connectivity index (χ1v) is 6.69. The molecule has 0 unspecified atom stereocenters. The first-order chi connectivity index (χ1) is 9.97. The number of carboxylic acid groups (broad SMARTS) is 1. The number of carboxylic acids is 1. The van der Waals surface area contributed by atoms with Gasteiger partial charge in [0.1, 0.15) is 5.82 Å². The Balaban J connectivity index is 2.12. The van der Waals surface area contributed by atoms with Crippen molar-refractivity contribution in [2.75, 3.05) is 5.32 Å². The topological polar surface area (TPSA) is 79.3 Å². The van der Waals surface area contributed by atoms with Gasteiger partial charge in [-0.15, -0.1) is 0 Å². The van der Waals surface area contributed by atoms with Crippen molar-refractivity contribution in [3.63, 3.8) is 0 Å². The monoisotopic (exact) mass is 352 g/mol. The van der Waals surface area contributed by atoms with Crippen LogP contribution in [0.5, 0.6) is 0 Å². The van der Waals surface area contributed by atoms with E-state index in [4.69, 9.17) is 5.11 Å². The molecule has 0 aliphatic heterocycles. The molecule has 0 saturated heterocycles. The molecule has 2 rings (SSSR count). The number of aromatic nitrogens is 1. The summed E-state index contributed by atoms with van der Waals surface area (Å²) >= 11 is 3.01. The minimum Gasteiger partial charge on any atom is -0.481 e. The van der Waals surface area contributed by atoms with Gasteiger partial charge in [-0.3, -0.25) is 14.6 Å². The molecule has 0 fully saturated rings. The highest BCUT2D eigenvalue weighted by atomic mass is 79.9. The molecule has 108 valence electrons. The van der Waals surface area contributed by atoms with Gasteiger partial charge >= 0.3 is 5.97 Å². The fraction of sp³-hybridized carbons (Fsp3) is 0.0714. The van der Waals surface area contributed by atoms with Crippen molar-refractivity contribution < 1.29 is 19.1 Å². The number of nitrogens with zero attached hydrogens (tertiary/aromatic N) is 1. The van der Waals surface area contributed by atoms with Gasteiger partial charge in [-0.25, -0.2) is 4.39 Å². The van der Waals surface area contributed by atoms with E-state index in [1.807, 2.05) is 0 Å². The van der Waals surface area contributed by atoms with E-state index < -0.39 is 17.7 Å². The van der Waals surface area contributed by atoms with Gasteiger partial charge in [-0.1, -0.05) is 6.07 Å². The van der Waals surface area contributed by atoms with Gasteiger partial charge in [0.2, 0.25) is 0 Å². The molecule has 0 radical (unpaired) electrons. The predicted octanol–water partition coefficient (Wildman–Crippen LogP) is 2.86. The third-order valence-corrected chi connectivity index (χ3v) is 3.22. The zero-order valence-corrected chi connectivity index (χ0v) is 12.2. The standard InChI is InChI=1S/C14H10BrFN2O3/c15-11-3-1-2-10(13(11)16)14(21)18-9-5-4-8(17-7-9)6-12(19)20/h1-5,7H,6H2,(H,18,21)(H,19,20). The second-order valence-electron chi connectivity index (χ2n) is 4.16. The van der Waals surface area contributed by atoms with Crippen LogP contribution in [0.15, 0.2) is 41.0 Å². The number of aliphatic carboxylic acids is 1. The lowest BCUT2D eigenvalue weighted by Gasteiger charge is -2.07. The fourth-order valence-corrected chi connectivity index (χ4v) is 2.00. The maximum Gasteiger partial charge on any atom is 0.309 e. The van der Waals surface area contributed by atoms with Crippen molar-refractivity contribution in [3.8, 4) is 0 Å². The van der Waals surface area contributed by atoms with Gasteiger partial charge in [0.25, 0.3) is 5.91 Å². The first-order valence-electron chi connectivity index (χ1n) is 5.89. The molecule has 1 aromatic heterocycles. The molecule has 1 heterocycles. The second kappa shape index (κ2) is 6.45. The smallest absolute Gasteiger partial charge is 0.309 e. The molecule has 0 saturated carbocycles. The molecular weight excluding hydrogens is 343 g/mol. The third kappa shape index (κ3) is 3.85. The van der Waals surface area contributed by atoms with Gasteiger partial charge < -0.3 is 10.4 Å². The normalized spacial score (nSPS) is 10.2. The molecule has 2 N–H and O–H groups in total. The average Bonchev–Trinajstić information content (AvgIpc) is 2.43. The summed E-state index contributed by atoms with van der Waals surface area (Å²) in [5.74, 6) is -2.25. The summed E-state index contributed by atoms with van der Waals surface area (Å²) in [7, 11) is 0. The number of hydrogen-bond donors (Lipinski definition) is 2. The summed E-state index contributed by atoms with van der Waals surface area (Å²) in [6.45, 7) is 0. The van der Waals surface area contributed by atoms with E-state index in [1.165, 1.54) is 30.5 Å². The van der Waals surface area contributed by atoms with Crippen molar-refractivity contribution in [3.05, 3.63) is 58.1 Å². The van der Waals surface area contributed by atoms with Crippen molar-refractivity contribution in [1.29, 1.82) is 0 Å². The van der Waals surface area contributed by atoms with Crippen LogP contribution in [0.4, 0.5) is 10.1 Å². The Hall–Kier alpha value is -2.28. The summed E-state index contributed by atoms with van der Waals surface area (Å²) in [6.07, 6.45) is 1.13. The molecular formula is C14H10BrFN2O3. The molecule has 1 amide bonds. The minimum atomic E-state index is -0.990. The SMILES string of the molecule is O=C(O)Cc1ccc(NC(=O)c2cccc(Br)c2F)cn1. The third-order valence-electron chi connectivity index (χ3n) is 2.61. The van der Waals surface area contributed by atoms with Crippen LogP contribution in [0.2, 0.25) is 0 Å². The average molecular weight is 353 g/mol. The Morgan fingerprint density at radius 2 is 2.05 bits per heavy atom. The van der Waals surface area contributed by atoms with Crippen LogP contribution in [0.25, 0.3) is 0 Å². The molecule has 0 aliphatic carbocycles. The fourth-order valence-electron chi connectivity index (χ4n) is 1.64. The molecule has 0 aliphatic rings. The van der Waals surface area contributed by atoms with E-state index in [1.54, 1.807) is 6.07 Å². The summed E-state index contributed by atoms with van der Waals surface area (Å²) < 4.78 is 14.0. The molecule has 21 heavy (non-hydrogen) atoms. The highest BCUT2D eigenvalue weighted by Gasteiger charge is 2.14. The van der Waals surface area contributed by atoms with Crippen molar-refractivity contribution in [1.82, 2.24) is 4.98 Å². The van der Waals surface area contributed by atoms with E-state index in [0.717, 1.165) is 0 Å². The Kier molecular flexibility index (Phi) is 4.64. The number of carbonyl (C=O) groups is 2. The molecule has 7 heteroatoms. The zero-order chi connectivity index (χ0) is 15.4. The lowest BCUT2D eigenvalue weighted by molar-refractivity contribution is -0.136. The predicted molar refractivity (Wildman–Crippen MR) is 77.6 cm³/mol. The number of nitrogens with one attached hydrogen (secondary N) is 1. The summed E-state index contributed by atoms with van der Waals surface area (Å²) in [4.78, 5) is 26.4. The number of pyridine rings is 1. The van der Waals surface area contributed by atoms with Crippen LogP contribution < -0.4 is 5.32 Å². The Bertz CT molecular complexity index is 689. The van der Waals surface area contributed by atoms with E-state index in [-0.39, 0.29) is 16.5 Å². The van der Waals surface area contributed by atoms with Gasteiger partial charge in [0.05, 0.1) is 34.0 Å². The number of anilines is 1. The van der Waals surface area contributed by atoms with Crippen LogP contribution in [-0.2, 0) is 11.2 Å². The largest absolute Gasteiger partial charge is 0.481 e. The lowest BCUT2D eigenvalue weighted by atomic mass is 10.2. The van der Waals surface area contributed by atoms with E-state index in [2.05, 4.69) is 26.2 Å². The van der Waals surface area contributed by atoms with E-state index >= 15 is 0 Å². The quantitative estimate of drug-likeness (QED) is 0.886. The Morgan fingerprint density at radius 1 is 1.29 bits per heavy atom. The summed E-state index contributed by atoms with van der Waals surface area (Å²) in [6, 6.07) is 7.41. The molecule has 2 aromatic rings. The molecule has 1 aromatic carbocycles. The van der Waals surface area contributed by atoms with Crippen LogP contribution in [0.3, 0.4) is 0 Å². The number of amides is 1. The Labute approximate surface area is 128 Å². The van der Waals surface area contributed by atoms with Gasteiger partial charge in [0.15, 0.2) is 0 Å². The molecule has 0 spiro atoms. The summed E-state index contributed by atoms with van der Waals surface area (Å²) in [5.41, 5.74) is 0.627. The van der Waals surface area contributed by atoms with Gasteiger partial charge in [-0.2, -0.15) is 0 Å². The highest BCUT2D eigenvalue weighted by molar-refractivity contribution is 9.10. The number of halogens is 2. The van der Waals surface area contributed by atoms with Crippen LogP contribution in [0, 0.1) is 5.82 Å². The lowest BCUT2D eigenvalue weighted by Crippen LogP contribution is -2.14. The van der Waals surface area contributed by atoms with Crippen molar-refractivity contribution >= 4 is 33.5 Å². The maximum absolute atomic E-state index is 13.8. The number of rotatable bonds is 4. The van der Waals surface area contributed by atoms with Crippen LogP contribution in [0.1, 0.15) is 16.1 Å². The minimum absolute atomic E-state index is 0.0982. The zero-order valence-electron chi connectivity index (χ0n) is 10.6. The number of carbonyl (C=O) groups excluding carboxylic acids is 1. The Morgan fingerprint density at radius 3 is 2.67 bits per heavy atom. The van der Waals surface area contributed by atoms with Crippen LogP contribution >= 0.6 is 15.9 Å². The molecule has 0 bridgehead atoms. The van der Waals surface area contributed by atoms with Gasteiger partial charge in [-0.05, 0) is 40.2 Å². The van der Waals surface area contributed by atoms with Crippen LogP contribution in [-0.4, -0.2) is 22.0 Å². The molecule has 0 atom stereocenters. The number of hydrogen-bond acceptors (Lipinski definition) is 3. The number of benzene rings is 1. The first kappa shape index (κ1) is 15.1. The van der Waals surface area contributed by atoms with Crippen molar-refractivity contribution in [2.45, 2.75) is 6.42 Å². The highest BCUT2D eigenvalue weighted by Crippen LogP contribution is 2.19.